The molecule has 0 unspecified atom stereocenters. The van der Waals surface area contributed by atoms with Crippen LogP contribution in [0.5, 0.6) is 0 Å². The molecule has 10 nitrogen and oxygen atoms in total. The van der Waals surface area contributed by atoms with Crippen LogP contribution in [-0.4, -0.2) is 66.9 Å². The van der Waals surface area contributed by atoms with Crippen LogP contribution < -0.4 is 21.3 Å². The van der Waals surface area contributed by atoms with Crippen LogP contribution in [0.1, 0.15) is 21.5 Å². The monoisotopic (exact) mass is 589 g/mol. The van der Waals surface area contributed by atoms with Crippen LogP contribution in [0, 0.1) is 0 Å². The molecule has 0 aliphatic carbocycles. The van der Waals surface area contributed by atoms with Gasteiger partial charge in [-0.25, -0.2) is 0 Å². The average molecular weight is 590 g/mol. The number of ether oxygens (including phenoxy) is 2. The SMILES string of the molecule is O=C(NCCOCCOCCNc1nc(NCCc2ccccc2)nc(NCc2ccc(Cl)cc2)n1)c1ccccc1. The van der Waals surface area contributed by atoms with Crippen molar-refractivity contribution in [1.29, 1.82) is 0 Å². The molecule has 1 amide bonds. The third-order valence-corrected chi connectivity index (χ3v) is 6.26. The Labute approximate surface area is 251 Å². The lowest BCUT2D eigenvalue weighted by atomic mass is 10.1. The van der Waals surface area contributed by atoms with Gasteiger partial charge in [0.2, 0.25) is 17.8 Å². The minimum atomic E-state index is -0.113. The van der Waals surface area contributed by atoms with Crippen LogP contribution in [0.15, 0.2) is 84.9 Å². The van der Waals surface area contributed by atoms with Gasteiger partial charge in [0.15, 0.2) is 0 Å². The molecule has 0 atom stereocenters. The van der Waals surface area contributed by atoms with E-state index in [1.807, 2.05) is 60.7 Å². The quantitative estimate of drug-likeness (QED) is 0.123. The molecule has 1 heterocycles. The number of amides is 1. The lowest BCUT2D eigenvalue weighted by molar-refractivity contribution is 0.0519. The summed E-state index contributed by atoms with van der Waals surface area (Å²) in [7, 11) is 0. The molecule has 42 heavy (non-hydrogen) atoms. The molecule has 0 spiro atoms. The smallest absolute Gasteiger partial charge is 0.251 e. The van der Waals surface area contributed by atoms with Crippen molar-refractivity contribution in [2.75, 3.05) is 62.0 Å². The number of hydrogen-bond acceptors (Lipinski definition) is 9. The summed E-state index contributed by atoms with van der Waals surface area (Å²) in [6, 6.07) is 27.0. The summed E-state index contributed by atoms with van der Waals surface area (Å²) in [6.07, 6.45) is 0.845. The van der Waals surface area contributed by atoms with Crippen LogP contribution in [0.4, 0.5) is 17.8 Å². The molecule has 0 saturated heterocycles. The standard InChI is InChI=1S/C31H36ClN7O3/c32-27-13-11-25(12-14-27)23-36-31-38-29(34-16-15-24-7-3-1-4-8-24)37-30(39-31)35-18-20-42-22-21-41-19-17-33-28(40)26-9-5-2-6-10-26/h1-14H,15-23H2,(H,33,40)(H3,34,35,36,37,38,39). The number of nitrogens with zero attached hydrogens (tertiary/aromatic N) is 3. The number of aromatic nitrogens is 3. The predicted octanol–water partition coefficient (Wildman–Crippen LogP) is 4.67. The van der Waals surface area contributed by atoms with E-state index < -0.39 is 0 Å². The van der Waals surface area contributed by atoms with E-state index in [0.29, 0.717) is 81.0 Å². The number of anilines is 3. The molecule has 4 rings (SSSR count). The fourth-order valence-corrected chi connectivity index (χ4v) is 3.97. The van der Waals surface area contributed by atoms with Gasteiger partial charge >= 0.3 is 0 Å². The molecule has 0 bridgehead atoms. The first-order valence-electron chi connectivity index (χ1n) is 13.9. The molecular formula is C31H36ClN7O3. The van der Waals surface area contributed by atoms with Crippen molar-refractivity contribution in [3.8, 4) is 0 Å². The van der Waals surface area contributed by atoms with Crippen molar-refractivity contribution in [2.45, 2.75) is 13.0 Å². The van der Waals surface area contributed by atoms with Gasteiger partial charge < -0.3 is 30.7 Å². The van der Waals surface area contributed by atoms with Crippen molar-refractivity contribution in [2.24, 2.45) is 0 Å². The number of nitrogens with one attached hydrogen (secondary N) is 4. The number of halogens is 1. The lowest BCUT2D eigenvalue weighted by Crippen LogP contribution is -2.27. The van der Waals surface area contributed by atoms with Crippen molar-refractivity contribution in [3.05, 3.63) is 107 Å². The van der Waals surface area contributed by atoms with Crippen LogP contribution in [0.2, 0.25) is 5.02 Å². The summed E-state index contributed by atoms with van der Waals surface area (Å²) in [5.74, 6) is 1.27. The summed E-state index contributed by atoms with van der Waals surface area (Å²) in [5.41, 5.74) is 2.92. The van der Waals surface area contributed by atoms with Gasteiger partial charge in [-0.3, -0.25) is 4.79 Å². The van der Waals surface area contributed by atoms with E-state index in [1.165, 1.54) is 5.56 Å². The van der Waals surface area contributed by atoms with Crippen LogP contribution >= 0.6 is 11.6 Å². The summed E-state index contributed by atoms with van der Waals surface area (Å²) in [5, 5.41) is 13.3. The molecule has 4 N–H and O–H groups in total. The zero-order valence-corrected chi connectivity index (χ0v) is 24.1. The van der Waals surface area contributed by atoms with Gasteiger partial charge in [0.1, 0.15) is 0 Å². The Bertz CT molecular complexity index is 1350. The average Bonchev–Trinajstić information content (AvgIpc) is 3.02. The van der Waals surface area contributed by atoms with Crippen molar-refractivity contribution < 1.29 is 14.3 Å². The summed E-state index contributed by atoms with van der Waals surface area (Å²) >= 11 is 6.00. The fourth-order valence-electron chi connectivity index (χ4n) is 3.85. The van der Waals surface area contributed by atoms with Gasteiger partial charge in [0, 0.05) is 36.8 Å². The second-order valence-corrected chi connectivity index (χ2v) is 9.66. The van der Waals surface area contributed by atoms with Crippen LogP contribution in [0.25, 0.3) is 0 Å². The number of benzene rings is 3. The molecule has 0 aliphatic rings. The maximum Gasteiger partial charge on any atom is 0.251 e. The molecule has 1 aromatic heterocycles. The third kappa shape index (κ3) is 11.3. The lowest BCUT2D eigenvalue weighted by Gasteiger charge is -2.12. The zero-order valence-electron chi connectivity index (χ0n) is 23.4. The van der Waals surface area contributed by atoms with E-state index in [2.05, 4.69) is 48.4 Å². The second kappa shape index (κ2) is 17.5. The Hall–Kier alpha value is -4.25. The minimum absolute atomic E-state index is 0.113. The zero-order chi connectivity index (χ0) is 29.2. The Balaban J connectivity index is 1.17. The first kappa shape index (κ1) is 30.7. The van der Waals surface area contributed by atoms with E-state index in [-0.39, 0.29) is 5.91 Å². The largest absolute Gasteiger partial charge is 0.377 e. The van der Waals surface area contributed by atoms with Gasteiger partial charge in [0.05, 0.1) is 26.4 Å². The number of hydrogen-bond donors (Lipinski definition) is 4. The van der Waals surface area contributed by atoms with Crippen molar-refractivity contribution >= 4 is 35.4 Å². The second-order valence-electron chi connectivity index (χ2n) is 9.22. The minimum Gasteiger partial charge on any atom is -0.377 e. The first-order chi connectivity index (χ1) is 20.7. The van der Waals surface area contributed by atoms with Gasteiger partial charge in [-0.05, 0) is 41.8 Å². The summed E-state index contributed by atoms with van der Waals surface area (Å²) in [4.78, 5) is 25.6. The van der Waals surface area contributed by atoms with Crippen LogP contribution in [-0.2, 0) is 22.4 Å². The topological polar surface area (TPSA) is 122 Å². The van der Waals surface area contributed by atoms with E-state index in [0.717, 1.165) is 12.0 Å². The Morgan fingerprint density at radius 2 is 1.19 bits per heavy atom. The molecule has 0 aliphatic heterocycles. The maximum atomic E-state index is 12.0. The maximum absolute atomic E-state index is 12.0. The van der Waals surface area contributed by atoms with Crippen LogP contribution in [0.3, 0.4) is 0 Å². The first-order valence-corrected chi connectivity index (χ1v) is 14.3. The highest BCUT2D eigenvalue weighted by molar-refractivity contribution is 6.30. The fraction of sp³-hybridized carbons (Fsp3) is 0.290. The molecule has 220 valence electrons. The van der Waals surface area contributed by atoms with Crippen molar-refractivity contribution in [3.63, 3.8) is 0 Å². The van der Waals surface area contributed by atoms with E-state index in [1.54, 1.807) is 12.1 Å². The highest BCUT2D eigenvalue weighted by atomic mass is 35.5. The molecule has 0 saturated carbocycles. The highest BCUT2D eigenvalue weighted by Gasteiger charge is 2.07. The summed E-state index contributed by atoms with van der Waals surface area (Å²) in [6.45, 7) is 3.90. The van der Waals surface area contributed by atoms with E-state index >= 15 is 0 Å². The Morgan fingerprint density at radius 3 is 1.86 bits per heavy atom. The summed E-state index contributed by atoms with van der Waals surface area (Å²) < 4.78 is 11.2. The van der Waals surface area contributed by atoms with E-state index in [9.17, 15) is 4.79 Å². The molecule has 11 heteroatoms. The van der Waals surface area contributed by atoms with Gasteiger partial charge in [-0.15, -0.1) is 0 Å². The number of carbonyl (C=O) groups is 1. The molecule has 4 aromatic rings. The van der Waals surface area contributed by atoms with Gasteiger partial charge in [0.25, 0.3) is 5.91 Å². The van der Waals surface area contributed by atoms with Gasteiger partial charge in [-0.2, -0.15) is 15.0 Å². The third-order valence-electron chi connectivity index (χ3n) is 6.01. The Morgan fingerprint density at radius 1 is 0.619 bits per heavy atom. The predicted molar refractivity (Wildman–Crippen MR) is 166 cm³/mol. The number of rotatable bonds is 18. The normalized spacial score (nSPS) is 10.7. The number of carbonyl (C=O) groups excluding carboxylic acids is 1. The highest BCUT2D eigenvalue weighted by Crippen LogP contribution is 2.13. The van der Waals surface area contributed by atoms with E-state index in [4.69, 9.17) is 21.1 Å². The molecule has 0 fully saturated rings. The Kier molecular flexibility index (Phi) is 12.8. The molecule has 3 aromatic carbocycles. The van der Waals surface area contributed by atoms with Crippen molar-refractivity contribution in [1.82, 2.24) is 20.3 Å². The molecule has 0 radical (unpaired) electrons. The van der Waals surface area contributed by atoms with Gasteiger partial charge in [-0.1, -0.05) is 72.3 Å². The molecular weight excluding hydrogens is 554 g/mol.